The van der Waals surface area contributed by atoms with E-state index in [1.807, 2.05) is 0 Å². The van der Waals surface area contributed by atoms with Gasteiger partial charge in [-0.05, 0) is 25.2 Å². The molecule has 0 spiro atoms. The highest BCUT2D eigenvalue weighted by Crippen LogP contribution is 2.21. The molecule has 0 radical (unpaired) electrons. The summed E-state index contributed by atoms with van der Waals surface area (Å²) in [5.74, 6) is 0. The molecule has 36 heavy (non-hydrogen) atoms. The maximum Gasteiger partial charge on any atom is -0.0319 e. The van der Waals surface area contributed by atoms with Gasteiger partial charge in [0.1, 0.15) is 0 Å². The van der Waals surface area contributed by atoms with E-state index in [9.17, 15) is 0 Å². The largest absolute Gasteiger partial charge is 0.114 e. The smallest absolute Gasteiger partial charge is 0.0319 e. The zero-order valence-corrected chi connectivity index (χ0v) is 32.0. The quantitative estimate of drug-likeness (QED) is 0.110. The van der Waals surface area contributed by atoms with Gasteiger partial charge in [0.15, 0.2) is 0 Å². The van der Waals surface area contributed by atoms with Gasteiger partial charge in [-0.1, -0.05) is 185 Å². The van der Waals surface area contributed by atoms with E-state index in [-0.39, 0.29) is 0 Å². The molecule has 4 unspecified atom stereocenters. The Kier molecular flexibility index (Phi) is 99.4. The monoisotopic (exact) mass is 589 g/mol. The molecule has 0 amide bonds. The van der Waals surface area contributed by atoms with Gasteiger partial charge < -0.3 is 0 Å². The number of hydrogen-bond acceptors (Lipinski definition) is 0. The Balaban J connectivity index is -0.0000000760. The summed E-state index contributed by atoms with van der Waals surface area (Å²) < 4.78 is 0. The molecule has 0 fully saturated rings. The molecule has 228 valence electrons. The molecule has 0 heterocycles. The van der Waals surface area contributed by atoms with Crippen molar-refractivity contribution in [1.82, 2.24) is 0 Å². The van der Waals surface area contributed by atoms with Gasteiger partial charge in [0, 0.05) is 0 Å². The van der Waals surface area contributed by atoms with Crippen molar-refractivity contribution < 1.29 is 0 Å². The molecule has 4 atom stereocenters. The molecule has 0 aromatic heterocycles. The molecule has 0 N–H and O–H groups in total. The van der Waals surface area contributed by atoms with Crippen LogP contribution in [0.1, 0.15) is 198 Å². The zero-order valence-electron chi connectivity index (χ0n) is 27.7. The predicted molar refractivity (Wildman–Crippen MR) is 195 cm³/mol. The Bertz CT molecular complexity index is 208. The van der Waals surface area contributed by atoms with Crippen LogP contribution in [0.2, 0.25) is 0 Å². The van der Waals surface area contributed by atoms with Gasteiger partial charge >= 0.3 is 0 Å². The van der Waals surface area contributed by atoms with Crippen molar-refractivity contribution >= 4 is 34.4 Å². The van der Waals surface area contributed by atoms with Crippen molar-refractivity contribution in [3.63, 3.8) is 0 Å². The summed E-state index contributed by atoms with van der Waals surface area (Å²) in [6.07, 6.45) is 30.5. The SMILES string of the molecule is CCCC.CCCCC.CCCCCC.CCCCCCC.CCCCCCPP.CCCCPP. The van der Waals surface area contributed by atoms with Gasteiger partial charge in [-0.2, -0.15) is 0 Å². The molecule has 0 nitrogen and oxygen atoms in total. The highest BCUT2D eigenvalue weighted by Gasteiger charge is 1.83. The third kappa shape index (κ3) is 111. The Morgan fingerprint density at radius 2 is 0.528 bits per heavy atom. The summed E-state index contributed by atoms with van der Waals surface area (Å²) in [4.78, 5) is 0. The van der Waals surface area contributed by atoms with Crippen LogP contribution < -0.4 is 0 Å². The third-order valence-corrected chi connectivity index (χ3v) is 8.24. The first kappa shape index (κ1) is 50.5. The lowest BCUT2D eigenvalue weighted by molar-refractivity contribution is 0.656. The van der Waals surface area contributed by atoms with E-state index in [2.05, 4.69) is 87.1 Å². The lowest BCUT2D eigenvalue weighted by Gasteiger charge is -1.93. The second-order valence-electron chi connectivity index (χ2n) is 9.44. The molecule has 0 rings (SSSR count). The summed E-state index contributed by atoms with van der Waals surface area (Å²) >= 11 is 0. The van der Waals surface area contributed by atoms with Crippen molar-refractivity contribution in [1.29, 1.82) is 0 Å². The van der Waals surface area contributed by atoms with Crippen molar-refractivity contribution in [3.05, 3.63) is 0 Å². The van der Waals surface area contributed by atoms with Crippen LogP contribution in [0.4, 0.5) is 0 Å². The highest BCUT2D eigenvalue weighted by atomic mass is 32.0. The Labute approximate surface area is 243 Å². The fourth-order valence-corrected chi connectivity index (χ4v) is 4.70. The van der Waals surface area contributed by atoms with E-state index < -0.39 is 0 Å². The fraction of sp³-hybridized carbons (Fsp3) is 1.00. The Morgan fingerprint density at radius 3 is 0.722 bits per heavy atom. The molecular weight excluding hydrogens is 508 g/mol. The number of unbranched alkanes of at least 4 members (excludes halogenated alkanes) is 14. The lowest BCUT2D eigenvalue weighted by atomic mass is 10.2. The second kappa shape index (κ2) is 70.8. The van der Waals surface area contributed by atoms with Crippen LogP contribution in [0.15, 0.2) is 0 Å². The predicted octanol–water partition coefficient (Wildman–Crippen LogP) is 14.9. The minimum absolute atomic E-state index is 1.08. The fourth-order valence-electron chi connectivity index (χ4n) is 2.46. The number of rotatable bonds is 18. The normalized spacial score (nSPS) is 9.67. The summed E-state index contributed by atoms with van der Waals surface area (Å²) in [5.41, 5.74) is 0. The van der Waals surface area contributed by atoms with E-state index in [0.717, 1.165) is 16.5 Å². The minimum Gasteiger partial charge on any atom is -0.114 e. The Morgan fingerprint density at radius 1 is 0.278 bits per heavy atom. The first-order chi connectivity index (χ1) is 17.5. The first-order valence-electron chi connectivity index (χ1n) is 16.4. The molecule has 0 aromatic carbocycles. The van der Waals surface area contributed by atoms with Crippen LogP contribution in [-0.2, 0) is 0 Å². The standard InChI is InChI=1S/C7H16.C6H16P2.C6H14.C5H12.C4H12P2.C4H10/c1-3-5-7-6-4-2;1-2-3-4-5-6-8-7;1-3-5-6-4-2;1-3-5-4-2;1-2-3-4-6-5;1-3-4-2/h3-7H2,1-2H3;8H,2-7H2,1H3;3-6H2,1-2H3;3-5H2,1-2H3;6H,2-5H2,1H3;3-4H2,1-2H3. The summed E-state index contributed by atoms with van der Waals surface area (Å²) in [5, 5.41) is 0. The summed E-state index contributed by atoms with van der Waals surface area (Å²) in [7, 11) is 7.72. The van der Waals surface area contributed by atoms with E-state index >= 15 is 0 Å². The molecule has 0 aliphatic rings. The van der Waals surface area contributed by atoms with Crippen LogP contribution in [-0.4, -0.2) is 12.3 Å². The third-order valence-electron chi connectivity index (χ3n) is 5.22. The molecule has 0 aliphatic carbocycles. The first-order valence-corrected chi connectivity index (χ1v) is 22.4. The average Bonchev–Trinajstić information content (AvgIpc) is 2.91. The number of hydrogen-bond donors (Lipinski definition) is 0. The molecule has 0 bridgehead atoms. The van der Waals surface area contributed by atoms with Gasteiger partial charge in [-0.25, -0.2) is 0 Å². The second-order valence-corrected chi connectivity index (χ2v) is 13.7. The summed E-state index contributed by atoms with van der Waals surface area (Å²) in [6, 6.07) is 0. The summed E-state index contributed by atoms with van der Waals surface area (Å²) in [6.45, 7) is 22.2. The molecule has 0 aliphatic heterocycles. The van der Waals surface area contributed by atoms with Gasteiger partial charge in [-0.3, -0.25) is 0 Å². The highest BCUT2D eigenvalue weighted by molar-refractivity contribution is 8.03. The van der Waals surface area contributed by atoms with Crippen molar-refractivity contribution in [2.75, 3.05) is 12.3 Å². The van der Waals surface area contributed by atoms with E-state index in [0.29, 0.717) is 0 Å². The zero-order chi connectivity index (χ0) is 29.0. The van der Waals surface area contributed by atoms with E-state index in [1.165, 1.54) is 141 Å². The Hall–Kier alpha value is 1.72. The lowest BCUT2D eigenvalue weighted by Crippen LogP contribution is -1.75. The van der Waals surface area contributed by atoms with Crippen LogP contribution in [0.25, 0.3) is 0 Å². The minimum atomic E-state index is 1.08. The van der Waals surface area contributed by atoms with Crippen LogP contribution in [0.5, 0.6) is 0 Å². The van der Waals surface area contributed by atoms with E-state index in [4.69, 9.17) is 0 Å². The van der Waals surface area contributed by atoms with Crippen LogP contribution >= 0.6 is 34.4 Å². The van der Waals surface area contributed by atoms with Gasteiger partial charge in [0.05, 0.1) is 0 Å². The van der Waals surface area contributed by atoms with Gasteiger partial charge in [-0.15, -0.1) is 34.4 Å². The van der Waals surface area contributed by atoms with Gasteiger partial charge in [0.2, 0.25) is 0 Å². The van der Waals surface area contributed by atoms with E-state index in [1.54, 1.807) is 0 Å². The maximum atomic E-state index is 2.79. The molecule has 0 saturated carbocycles. The molecule has 4 heteroatoms. The van der Waals surface area contributed by atoms with Gasteiger partial charge in [0.25, 0.3) is 0 Å². The van der Waals surface area contributed by atoms with Crippen molar-refractivity contribution in [2.24, 2.45) is 0 Å². The topological polar surface area (TPSA) is 0 Å². The van der Waals surface area contributed by atoms with Crippen LogP contribution in [0.3, 0.4) is 0 Å². The van der Waals surface area contributed by atoms with Crippen molar-refractivity contribution in [2.45, 2.75) is 198 Å². The molecule has 0 aromatic rings. The average molecular weight is 589 g/mol. The van der Waals surface area contributed by atoms with Crippen molar-refractivity contribution in [3.8, 4) is 0 Å². The molecule has 0 saturated heterocycles. The molecular formula is C32H80P4. The maximum absolute atomic E-state index is 2.79. The van der Waals surface area contributed by atoms with Crippen LogP contribution in [0, 0.1) is 0 Å².